The number of rotatable bonds is 6. The number of aromatic nitrogens is 2. The minimum Gasteiger partial charge on any atom is -0.477 e. The Morgan fingerprint density at radius 3 is 2.88 bits per heavy atom. The normalized spacial score (nSPS) is 10.6. The molecule has 1 heterocycles. The van der Waals surface area contributed by atoms with Crippen molar-refractivity contribution in [2.45, 2.75) is 13.0 Å². The van der Waals surface area contributed by atoms with Gasteiger partial charge in [-0.3, -0.25) is 10.1 Å². The molecule has 1 aromatic heterocycles. The fourth-order valence-electron chi connectivity index (χ4n) is 2.14. The first-order valence-corrected chi connectivity index (χ1v) is 7.52. The van der Waals surface area contributed by atoms with Crippen molar-refractivity contribution in [2.24, 2.45) is 0 Å². The van der Waals surface area contributed by atoms with Crippen LogP contribution in [-0.4, -0.2) is 15.1 Å². The van der Waals surface area contributed by atoms with Gasteiger partial charge in [0.25, 0.3) is 5.89 Å². The molecular formula is C16H11ClFN3O4. The van der Waals surface area contributed by atoms with Gasteiger partial charge in [-0.25, -0.2) is 4.39 Å². The van der Waals surface area contributed by atoms with Gasteiger partial charge >= 0.3 is 5.69 Å². The van der Waals surface area contributed by atoms with Crippen molar-refractivity contribution < 1.29 is 18.6 Å². The molecule has 0 radical (unpaired) electrons. The maximum absolute atomic E-state index is 13.3. The van der Waals surface area contributed by atoms with Crippen LogP contribution in [0.25, 0.3) is 0 Å². The van der Waals surface area contributed by atoms with Crippen LogP contribution in [0.15, 0.2) is 47.0 Å². The number of ether oxygens (including phenoxy) is 1. The number of halogens is 2. The van der Waals surface area contributed by atoms with E-state index in [4.69, 9.17) is 20.9 Å². The first kappa shape index (κ1) is 16.8. The third-order valence-corrected chi connectivity index (χ3v) is 3.47. The van der Waals surface area contributed by atoms with Crippen molar-refractivity contribution in [3.63, 3.8) is 0 Å². The monoisotopic (exact) mass is 363 g/mol. The molecule has 0 aliphatic carbocycles. The van der Waals surface area contributed by atoms with Crippen molar-refractivity contribution >= 4 is 17.3 Å². The minimum atomic E-state index is -0.660. The van der Waals surface area contributed by atoms with E-state index in [1.165, 1.54) is 0 Å². The molecule has 0 bridgehead atoms. The number of hydrogen-bond donors (Lipinski definition) is 0. The minimum absolute atomic E-state index is 0.121. The van der Waals surface area contributed by atoms with E-state index in [0.717, 1.165) is 23.8 Å². The average Bonchev–Trinajstić information content (AvgIpc) is 3.00. The second kappa shape index (κ2) is 7.27. The molecule has 128 valence electrons. The van der Waals surface area contributed by atoms with E-state index in [0.29, 0.717) is 17.3 Å². The Hall–Kier alpha value is -3.00. The van der Waals surface area contributed by atoms with Crippen LogP contribution in [0, 0.1) is 15.9 Å². The summed E-state index contributed by atoms with van der Waals surface area (Å²) < 4.78 is 23.5. The lowest BCUT2D eigenvalue weighted by molar-refractivity contribution is -0.386. The predicted octanol–water partition coefficient (Wildman–Crippen LogP) is 3.94. The predicted molar refractivity (Wildman–Crippen MR) is 85.9 cm³/mol. The van der Waals surface area contributed by atoms with E-state index < -0.39 is 10.7 Å². The number of nitrogens with zero attached hydrogens (tertiary/aromatic N) is 3. The molecule has 0 aliphatic heterocycles. The van der Waals surface area contributed by atoms with Crippen LogP contribution >= 0.6 is 11.6 Å². The summed E-state index contributed by atoms with van der Waals surface area (Å²) in [5.41, 5.74) is 0.557. The van der Waals surface area contributed by atoms with Crippen molar-refractivity contribution in [3.05, 3.63) is 80.7 Å². The summed E-state index contributed by atoms with van der Waals surface area (Å²) in [6.45, 7) is -0.215. The highest BCUT2D eigenvalue weighted by atomic mass is 35.5. The molecule has 2 aromatic carbocycles. The van der Waals surface area contributed by atoms with E-state index in [-0.39, 0.29) is 23.9 Å². The number of nitro groups is 1. The number of nitro benzene ring substituents is 1. The molecule has 0 saturated carbocycles. The lowest BCUT2D eigenvalue weighted by Gasteiger charge is -2.03. The molecule has 0 atom stereocenters. The van der Waals surface area contributed by atoms with Gasteiger partial charge in [-0.1, -0.05) is 28.9 Å². The standard InChI is InChI=1S/C16H11ClFN3O4/c17-11-3-1-2-10(6-11)7-15-19-16(25-20-15)9-24-14-8-12(18)4-5-13(14)21(22)23/h1-6,8H,7,9H2. The van der Waals surface area contributed by atoms with Crippen LogP contribution in [0.1, 0.15) is 17.3 Å². The fourth-order valence-corrected chi connectivity index (χ4v) is 2.36. The second-order valence-corrected chi connectivity index (χ2v) is 5.51. The van der Waals surface area contributed by atoms with Crippen LogP contribution < -0.4 is 4.74 Å². The van der Waals surface area contributed by atoms with E-state index in [9.17, 15) is 14.5 Å². The molecule has 0 saturated heterocycles. The van der Waals surface area contributed by atoms with Gasteiger partial charge in [0.1, 0.15) is 5.82 Å². The largest absolute Gasteiger partial charge is 0.477 e. The zero-order chi connectivity index (χ0) is 17.8. The number of benzene rings is 2. The Kier molecular flexibility index (Phi) is 4.90. The average molecular weight is 364 g/mol. The van der Waals surface area contributed by atoms with Crippen molar-refractivity contribution in [2.75, 3.05) is 0 Å². The second-order valence-electron chi connectivity index (χ2n) is 5.07. The van der Waals surface area contributed by atoms with Gasteiger partial charge in [-0.2, -0.15) is 4.98 Å². The van der Waals surface area contributed by atoms with Crippen LogP contribution in [0.2, 0.25) is 5.02 Å². The van der Waals surface area contributed by atoms with Gasteiger partial charge in [-0.15, -0.1) is 0 Å². The Bertz CT molecular complexity index is 916. The highest BCUT2D eigenvalue weighted by molar-refractivity contribution is 6.30. The zero-order valence-corrected chi connectivity index (χ0v) is 13.4. The van der Waals surface area contributed by atoms with Gasteiger partial charge in [0.15, 0.2) is 12.4 Å². The quantitative estimate of drug-likeness (QED) is 0.486. The third-order valence-electron chi connectivity index (χ3n) is 3.23. The summed E-state index contributed by atoms with van der Waals surface area (Å²) in [6, 6.07) is 10.2. The Morgan fingerprint density at radius 1 is 1.28 bits per heavy atom. The molecule has 0 unspecified atom stereocenters. The molecule has 0 spiro atoms. The van der Waals surface area contributed by atoms with Crippen LogP contribution in [0.5, 0.6) is 5.75 Å². The molecule has 3 rings (SSSR count). The van der Waals surface area contributed by atoms with Crippen molar-refractivity contribution in [1.29, 1.82) is 0 Å². The SMILES string of the molecule is O=[N+]([O-])c1ccc(F)cc1OCc1nc(Cc2cccc(Cl)c2)no1. The van der Waals surface area contributed by atoms with Crippen LogP contribution in [-0.2, 0) is 13.0 Å². The van der Waals surface area contributed by atoms with Gasteiger partial charge in [0.05, 0.1) is 4.92 Å². The summed E-state index contributed by atoms with van der Waals surface area (Å²) in [4.78, 5) is 14.4. The first-order valence-electron chi connectivity index (χ1n) is 7.14. The highest BCUT2D eigenvalue weighted by Gasteiger charge is 2.17. The lowest BCUT2D eigenvalue weighted by Crippen LogP contribution is -2.00. The van der Waals surface area contributed by atoms with E-state index >= 15 is 0 Å². The Labute approximate surface area is 146 Å². The van der Waals surface area contributed by atoms with Gasteiger partial charge in [0, 0.05) is 23.6 Å². The maximum Gasteiger partial charge on any atom is 0.311 e. The van der Waals surface area contributed by atoms with E-state index in [1.807, 2.05) is 12.1 Å². The van der Waals surface area contributed by atoms with Crippen LogP contribution in [0.3, 0.4) is 0 Å². The molecule has 9 heteroatoms. The lowest BCUT2D eigenvalue weighted by atomic mass is 10.1. The molecule has 0 N–H and O–H groups in total. The van der Waals surface area contributed by atoms with E-state index in [1.54, 1.807) is 12.1 Å². The topological polar surface area (TPSA) is 91.3 Å². The summed E-state index contributed by atoms with van der Waals surface area (Å²) >= 11 is 5.92. The third kappa shape index (κ3) is 4.30. The van der Waals surface area contributed by atoms with Gasteiger partial charge in [-0.05, 0) is 23.8 Å². The smallest absolute Gasteiger partial charge is 0.311 e. The molecule has 0 fully saturated rings. The summed E-state index contributed by atoms with van der Waals surface area (Å²) in [7, 11) is 0. The molecule has 0 amide bonds. The first-order chi connectivity index (χ1) is 12.0. The molecular weight excluding hydrogens is 353 g/mol. The number of hydrogen-bond acceptors (Lipinski definition) is 6. The summed E-state index contributed by atoms with van der Waals surface area (Å²) in [5.74, 6) is -0.322. The van der Waals surface area contributed by atoms with Gasteiger partial charge < -0.3 is 9.26 Å². The van der Waals surface area contributed by atoms with Crippen molar-refractivity contribution in [3.8, 4) is 5.75 Å². The highest BCUT2D eigenvalue weighted by Crippen LogP contribution is 2.28. The Morgan fingerprint density at radius 2 is 2.12 bits per heavy atom. The summed E-state index contributed by atoms with van der Waals surface area (Å²) in [5, 5.41) is 15.3. The maximum atomic E-state index is 13.3. The van der Waals surface area contributed by atoms with Gasteiger partial charge in [0.2, 0.25) is 5.75 Å². The molecule has 0 aliphatic rings. The molecule has 7 nitrogen and oxygen atoms in total. The fraction of sp³-hybridized carbons (Fsp3) is 0.125. The Balaban J connectivity index is 1.68. The van der Waals surface area contributed by atoms with Crippen molar-refractivity contribution in [1.82, 2.24) is 10.1 Å². The molecule has 3 aromatic rings. The summed E-state index contributed by atoms with van der Waals surface area (Å²) in [6.07, 6.45) is 0.407. The van der Waals surface area contributed by atoms with E-state index in [2.05, 4.69) is 10.1 Å². The zero-order valence-electron chi connectivity index (χ0n) is 12.7. The van der Waals surface area contributed by atoms with Crippen LogP contribution in [0.4, 0.5) is 10.1 Å². The molecule has 25 heavy (non-hydrogen) atoms.